The summed E-state index contributed by atoms with van der Waals surface area (Å²) in [5.41, 5.74) is 6.32. The number of nitrogens with zero attached hydrogens (tertiary/aromatic N) is 1. The number of nitrogens with two attached hydrogens (primary N) is 1. The molecule has 1 fully saturated rings. The summed E-state index contributed by atoms with van der Waals surface area (Å²) in [5, 5.41) is 0. The third-order valence-corrected chi connectivity index (χ3v) is 3.81. The molecule has 2 N–H and O–H groups in total. The zero-order valence-electron chi connectivity index (χ0n) is 11.8. The van der Waals surface area contributed by atoms with E-state index in [-0.39, 0.29) is 16.4 Å². The van der Waals surface area contributed by atoms with Gasteiger partial charge in [0.25, 0.3) is 0 Å². The topological polar surface area (TPSA) is 55.6 Å². The summed E-state index contributed by atoms with van der Waals surface area (Å²) in [6.45, 7) is 5.63. The van der Waals surface area contributed by atoms with E-state index < -0.39 is 5.92 Å². The Morgan fingerprint density at radius 3 is 2.60 bits per heavy atom. The molecular weight excluding hydrogens is 272 g/mol. The predicted octanol–water partition coefficient (Wildman–Crippen LogP) is 1.69. The van der Waals surface area contributed by atoms with Crippen LogP contribution in [0.2, 0.25) is 0 Å². The van der Waals surface area contributed by atoms with Crippen molar-refractivity contribution in [1.29, 1.82) is 0 Å². The van der Waals surface area contributed by atoms with Crippen LogP contribution in [0.5, 0.6) is 0 Å². The van der Waals surface area contributed by atoms with Gasteiger partial charge in [-0.25, -0.2) is 0 Å². The van der Waals surface area contributed by atoms with Crippen LogP contribution in [0.1, 0.15) is 25.3 Å². The van der Waals surface area contributed by atoms with E-state index in [1.54, 1.807) is 0 Å². The van der Waals surface area contributed by atoms with Gasteiger partial charge in [0.1, 0.15) is 5.92 Å². The van der Waals surface area contributed by atoms with Crippen molar-refractivity contribution in [1.82, 2.24) is 4.90 Å². The van der Waals surface area contributed by atoms with Crippen LogP contribution >= 0.6 is 12.2 Å². The number of benzene rings is 1. The van der Waals surface area contributed by atoms with Gasteiger partial charge in [-0.2, -0.15) is 0 Å². The maximum atomic E-state index is 12.9. The van der Waals surface area contributed by atoms with Gasteiger partial charge in [0.15, 0.2) is 0 Å². The van der Waals surface area contributed by atoms with E-state index in [0.717, 1.165) is 5.56 Å². The van der Waals surface area contributed by atoms with Crippen molar-refractivity contribution >= 4 is 23.1 Å². The smallest absolute Gasteiger partial charge is 0.237 e. The molecule has 108 valence electrons. The van der Waals surface area contributed by atoms with Gasteiger partial charge in [-0.15, -0.1) is 0 Å². The number of hydrogen-bond acceptors (Lipinski definition) is 3. The summed E-state index contributed by atoms with van der Waals surface area (Å²) in [5.74, 6) is -0.611. The zero-order chi connectivity index (χ0) is 14.8. The number of morpholine rings is 1. The molecule has 0 spiro atoms. The van der Waals surface area contributed by atoms with Gasteiger partial charge in [-0.05, 0) is 19.4 Å². The van der Waals surface area contributed by atoms with E-state index in [0.29, 0.717) is 19.8 Å². The van der Waals surface area contributed by atoms with Crippen molar-refractivity contribution in [3.05, 3.63) is 35.9 Å². The lowest BCUT2D eigenvalue weighted by atomic mass is 9.93. The van der Waals surface area contributed by atoms with Crippen molar-refractivity contribution in [3.8, 4) is 0 Å². The van der Waals surface area contributed by atoms with E-state index in [1.807, 2.05) is 49.1 Å². The van der Waals surface area contributed by atoms with Gasteiger partial charge in [0.05, 0.1) is 23.7 Å². The van der Waals surface area contributed by atoms with Crippen LogP contribution in [-0.4, -0.2) is 41.1 Å². The highest BCUT2D eigenvalue weighted by Crippen LogP contribution is 2.26. The first kappa shape index (κ1) is 14.9. The van der Waals surface area contributed by atoms with Crippen molar-refractivity contribution < 1.29 is 9.53 Å². The Morgan fingerprint density at radius 1 is 1.40 bits per heavy atom. The zero-order valence-corrected chi connectivity index (χ0v) is 12.7. The number of carbonyl (C=O) groups excluding carboxylic acids is 1. The minimum absolute atomic E-state index is 0.0444. The maximum Gasteiger partial charge on any atom is 0.237 e. The maximum absolute atomic E-state index is 12.9. The molecule has 5 heteroatoms. The fourth-order valence-corrected chi connectivity index (χ4v) is 2.73. The number of ether oxygens (including phenoxy) is 1. The van der Waals surface area contributed by atoms with Crippen LogP contribution in [0.25, 0.3) is 0 Å². The third kappa shape index (κ3) is 2.99. The van der Waals surface area contributed by atoms with Crippen LogP contribution in [0.3, 0.4) is 0 Å². The molecule has 1 aliphatic rings. The molecule has 1 atom stereocenters. The molecule has 1 amide bonds. The van der Waals surface area contributed by atoms with E-state index >= 15 is 0 Å². The fraction of sp³-hybridized carbons (Fsp3) is 0.467. The lowest BCUT2D eigenvalue weighted by Crippen LogP contribution is -2.57. The van der Waals surface area contributed by atoms with Gasteiger partial charge in [-0.1, -0.05) is 42.5 Å². The largest absolute Gasteiger partial charge is 0.392 e. The minimum atomic E-state index is -0.566. The van der Waals surface area contributed by atoms with Gasteiger partial charge in [-0.3, -0.25) is 4.79 Å². The molecule has 20 heavy (non-hydrogen) atoms. The molecule has 0 saturated carbocycles. The van der Waals surface area contributed by atoms with Gasteiger partial charge < -0.3 is 15.4 Å². The first-order chi connectivity index (χ1) is 9.43. The Hall–Kier alpha value is -1.46. The summed E-state index contributed by atoms with van der Waals surface area (Å²) >= 11 is 5.12. The van der Waals surface area contributed by atoms with E-state index in [4.69, 9.17) is 22.7 Å². The number of hydrogen-bond donors (Lipinski definition) is 1. The molecule has 0 aliphatic carbocycles. The average Bonchev–Trinajstić information content (AvgIpc) is 2.39. The summed E-state index contributed by atoms with van der Waals surface area (Å²) in [4.78, 5) is 14.9. The molecule has 0 aromatic heterocycles. The Bertz CT molecular complexity index is 502. The number of carbonyl (C=O) groups is 1. The second-order valence-electron chi connectivity index (χ2n) is 5.60. The molecule has 0 bridgehead atoms. The third-order valence-electron chi connectivity index (χ3n) is 3.58. The Balaban J connectivity index is 2.30. The van der Waals surface area contributed by atoms with Gasteiger partial charge in [0, 0.05) is 6.54 Å². The Labute approximate surface area is 124 Å². The first-order valence-corrected chi connectivity index (χ1v) is 7.08. The summed E-state index contributed by atoms with van der Waals surface area (Å²) in [7, 11) is 0. The molecular formula is C15H20N2O2S. The number of thiocarbonyl (C=S) groups is 1. The Morgan fingerprint density at radius 2 is 2.05 bits per heavy atom. The molecule has 1 aromatic rings. The highest BCUT2D eigenvalue weighted by molar-refractivity contribution is 7.80. The number of rotatable bonds is 3. The number of amides is 1. The van der Waals surface area contributed by atoms with Crippen LogP contribution in [0, 0.1) is 0 Å². The SMILES string of the molecule is CC1(C)COCCN1C(=O)C(C(N)=S)c1ccccc1. The van der Waals surface area contributed by atoms with Crippen LogP contribution in [0.4, 0.5) is 0 Å². The van der Waals surface area contributed by atoms with Crippen molar-refractivity contribution in [3.63, 3.8) is 0 Å². The van der Waals surface area contributed by atoms with Crippen LogP contribution in [-0.2, 0) is 9.53 Å². The monoisotopic (exact) mass is 292 g/mol. The Kier molecular flexibility index (Phi) is 4.40. The van der Waals surface area contributed by atoms with Crippen LogP contribution < -0.4 is 5.73 Å². The molecule has 2 rings (SSSR count). The highest BCUT2D eigenvalue weighted by Gasteiger charge is 2.38. The van der Waals surface area contributed by atoms with E-state index in [9.17, 15) is 4.79 Å². The van der Waals surface area contributed by atoms with Crippen molar-refractivity contribution in [2.24, 2.45) is 5.73 Å². The summed E-state index contributed by atoms with van der Waals surface area (Å²) in [6, 6.07) is 9.45. The summed E-state index contributed by atoms with van der Waals surface area (Å²) < 4.78 is 5.45. The lowest BCUT2D eigenvalue weighted by molar-refractivity contribution is -0.146. The predicted molar refractivity (Wildman–Crippen MR) is 82.6 cm³/mol. The van der Waals surface area contributed by atoms with Crippen molar-refractivity contribution in [2.45, 2.75) is 25.3 Å². The molecule has 0 radical (unpaired) electrons. The summed E-state index contributed by atoms with van der Waals surface area (Å²) in [6.07, 6.45) is 0. The highest BCUT2D eigenvalue weighted by atomic mass is 32.1. The molecule has 1 unspecified atom stereocenters. The molecule has 4 nitrogen and oxygen atoms in total. The standard InChI is InChI=1S/C15H20N2O2S/c1-15(2)10-19-9-8-17(15)14(18)12(13(16)20)11-6-4-3-5-7-11/h3-7,12H,8-10H2,1-2H3,(H2,16,20). The first-order valence-electron chi connectivity index (χ1n) is 6.67. The lowest BCUT2D eigenvalue weighted by Gasteiger charge is -2.43. The minimum Gasteiger partial charge on any atom is -0.392 e. The second-order valence-corrected chi connectivity index (χ2v) is 6.07. The molecule has 1 aromatic carbocycles. The molecule has 1 heterocycles. The fourth-order valence-electron chi connectivity index (χ4n) is 2.50. The molecule has 1 aliphatic heterocycles. The van der Waals surface area contributed by atoms with E-state index in [2.05, 4.69) is 0 Å². The average molecular weight is 292 g/mol. The van der Waals surface area contributed by atoms with Gasteiger partial charge in [0.2, 0.25) is 5.91 Å². The van der Waals surface area contributed by atoms with Crippen molar-refractivity contribution in [2.75, 3.05) is 19.8 Å². The molecule has 1 saturated heterocycles. The van der Waals surface area contributed by atoms with Gasteiger partial charge >= 0.3 is 0 Å². The second kappa shape index (κ2) is 5.89. The van der Waals surface area contributed by atoms with E-state index in [1.165, 1.54) is 0 Å². The van der Waals surface area contributed by atoms with Crippen LogP contribution in [0.15, 0.2) is 30.3 Å². The normalized spacial score (nSPS) is 19.4. The quantitative estimate of drug-likeness (QED) is 0.862.